The molecule has 1 aliphatic rings. The van der Waals surface area contributed by atoms with Crippen molar-refractivity contribution in [1.82, 2.24) is 0 Å². The molecule has 0 aromatic heterocycles. The van der Waals surface area contributed by atoms with E-state index in [0.29, 0.717) is 0 Å². The molecule has 0 N–H and O–H groups in total. The fraction of sp³-hybridized carbons (Fsp3) is 0.333. The van der Waals surface area contributed by atoms with Gasteiger partial charge in [-0.1, -0.05) is 48.6 Å². The third-order valence-electron chi connectivity index (χ3n) is 1.79. The number of hydrogen-bond acceptors (Lipinski definition) is 0. The lowest BCUT2D eigenvalue weighted by Crippen LogP contribution is -1.69. The van der Waals surface area contributed by atoms with Crippen molar-refractivity contribution in [3.05, 3.63) is 48.6 Å². The minimum atomic E-state index is 1.06. The summed E-state index contributed by atoms with van der Waals surface area (Å²) in [5, 5.41) is 0. The van der Waals surface area contributed by atoms with Crippen LogP contribution in [0.4, 0.5) is 0 Å². The zero-order chi connectivity index (χ0) is 8.49. The van der Waals surface area contributed by atoms with Crippen molar-refractivity contribution in [2.75, 3.05) is 0 Å². The van der Waals surface area contributed by atoms with E-state index in [4.69, 9.17) is 0 Å². The summed E-state index contributed by atoms with van der Waals surface area (Å²) in [7, 11) is 0. The van der Waals surface area contributed by atoms with E-state index >= 15 is 0 Å². The quantitative estimate of drug-likeness (QED) is 0.473. The van der Waals surface area contributed by atoms with Crippen LogP contribution in [0.15, 0.2) is 48.6 Å². The number of hydrogen-bond donors (Lipinski definition) is 0. The molecule has 64 valence electrons. The second-order valence-electron chi connectivity index (χ2n) is 2.88. The molecule has 0 amide bonds. The van der Waals surface area contributed by atoms with Crippen molar-refractivity contribution in [2.45, 2.75) is 25.7 Å². The normalized spacial score (nSPS) is 18.7. The maximum Gasteiger partial charge on any atom is -0.0166 e. The molecule has 0 aromatic carbocycles. The molecule has 0 heterocycles. The van der Waals surface area contributed by atoms with Gasteiger partial charge in [0.15, 0.2) is 0 Å². The average molecular weight is 160 g/mol. The SMILES string of the molecule is C1=CC=CCCCC=CCC=C1. The molecular formula is C12H16. The van der Waals surface area contributed by atoms with Crippen LogP contribution in [0.5, 0.6) is 0 Å². The van der Waals surface area contributed by atoms with Crippen LogP contribution in [-0.4, -0.2) is 0 Å². The molecule has 0 saturated heterocycles. The van der Waals surface area contributed by atoms with E-state index in [-0.39, 0.29) is 0 Å². The smallest absolute Gasteiger partial charge is 0.0166 e. The Bertz CT molecular complexity index is 204. The fourth-order valence-electron chi connectivity index (χ4n) is 1.11. The van der Waals surface area contributed by atoms with E-state index in [0.717, 1.165) is 6.42 Å². The molecule has 0 aliphatic heterocycles. The summed E-state index contributed by atoms with van der Waals surface area (Å²) < 4.78 is 0. The lowest BCUT2D eigenvalue weighted by atomic mass is 10.2. The van der Waals surface area contributed by atoms with Gasteiger partial charge >= 0.3 is 0 Å². The Morgan fingerprint density at radius 1 is 0.583 bits per heavy atom. The van der Waals surface area contributed by atoms with Crippen LogP contribution in [-0.2, 0) is 0 Å². The van der Waals surface area contributed by atoms with Gasteiger partial charge in [0, 0.05) is 0 Å². The van der Waals surface area contributed by atoms with E-state index in [1.165, 1.54) is 19.3 Å². The first-order valence-electron chi connectivity index (χ1n) is 4.63. The maximum atomic E-state index is 2.27. The Hall–Kier alpha value is -1.04. The second kappa shape index (κ2) is 6.66. The molecule has 1 aliphatic carbocycles. The summed E-state index contributed by atoms with van der Waals surface area (Å²) in [6, 6.07) is 0. The molecule has 0 saturated carbocycles. The lowest BCUT2D eigenvalue weighted by molar-refractivity contribution is 0.866. The standard InChI is InChI=1S/C12H16/c1-2-4-6-8-10-12-11-9-7-5-3-1/h1-6,9,11H,7-8,10,12H2. The average Bonchev–Trinajstić information content (AvgIpc) is 2.05. The van der Waals surface area contributed by atoms with Crippen molar-refractivity contribution in [3.8, 4) is 0 Å². The molecule has 0 aromatic rings. The monoisotopic (exact) mass is 160 g/mol. The molecule has 0 radical (unpaired) electrons. The van der Waals surface area contributed by atoms with Crippen molar-refractivity contribution in [1.29, 1.82) is 0 Å². The van der Waals surface area contributed by atoms with E-state index in [1.54, 1.807) is 0 Å². The molecule has 0 unspecified atom stereocenters. The first-order chi connectivity index (χ1) is 6.00. The maximum absolute atomic E-state index is 2.27. The number of allylic oxidation sites excluding steroid dienone is 8. The molecule has 1 rings (SSSR count). The van der Waals surface area contributed by atoms with E-state index in [1.807, 2.05) is 0 Å². The van der Waals surface area contributed by atoms with Gasteiger partial charge in [-0.25, -0.2) is 0 Å². The Morgan fingerprint density at radius 3 is 2.25 bits per heavy atom. The second-order valence-corrected chi connectivity index (χ2v) is 2.88. The molecule has 0 bridgehead atoms. The zero-order valence-electron chi connectivity index (χ0n) is 7.45. The highest BCUT2D eigenvalue weighted by Crippen LogP contribution is 2.00. The van der Waals surface area contributed by atoms with Gasteiger partial charge in [0.2, 0.25) is 0 Å². The predicted octanol–water partition coefficient (Wildman–Crippen LogP) is 3.79. The molecule has 0 spiro atoms. The van der Waals surface area contributed by atoms with Crippen molar-refractivity contribution in [3.63, 3.8) is 0 Å². The van der Waals surface area contributed by atoms with Crippen LogP contribution in [0.1, 0.15) is 25.7 Å². The van der Waals surface area contributed by atoms with Crippen molar-refractivity contribution in [2.24, 2.45) is 0 Å². The highest BCUT2D eigenvalue weighted by Gasteiger charge is 1.80. The van der Waals surface area contributed by atoms with Gasteiger partial charge in [-0.2, -0.15) is 0 Å². The van der Waals surface area contributed by atoms with Crippen molar-refractivity contribution >= 4 is 0 Å². The highest BCUT2D eigenvalue weighted by atomic mass is 13.9. The largest absolute Gasteiger partial charge is 0.0882 e. The summed E-state index contributed by atoms with van der Waals surface area (Å²) in [6.45, 7) is 0. The molecule has 0 fully saturated rings. The Kier molecular flexibility index (Phi) is 5.02. The summed E-state index contributed by atoms with van der Waals surface area (Å²) >= 11 is 0. The molecule has 0 heteroatoms. The summed E-state index contributed by atoms with van der Waals surface area (Å²) in [5.74, 6) is 0. The third-order valence-corrected chi connectivity index (χ3v) is 1.79. The minimum Gasteiger partial charge on any atom is -0.0882 e. The van der Waals surface area contributed by atoms with Gasteiger partial charge in [-0.3, -0.25) is 0 Å². The Labute approximate surface area is 75.0 Å². The zero-order valence-corrected chi connectivity index (χ0v) is 7.45. The van der Waals surface area contributed by atoms with Crippen LogP contribution in [0, 0.1) is 0 Å². The fourth-order valence-corrected chi connectivity index (χ4v) is 1.11. The summed E-state index contributed by atoms with van der Waals surface area (Å²) in [6.07, 6.45) is 22.0. The van der Waals surface area contributed by atoms with Crippen LogP contribution in [0.25, 0.3) is 0 Å². The van der Waals surface area contributed by atoms with Gasteiger partial charge < -0.3 is 0 Å². The predicted molar refractivity (Wildman–Crippen MR) is 55.0 cm³/mol. The Morgan fingerprint density at radius 2 is 1.33 bits per heavy atom. The van der Waals surface area contributed by atoms with Crippen molar-refractivity contribution < 1.29 is 0 Å². The molecular weight excluding hydrogens is 144 g/mol. The minimum absolute atomic E-state index is 1.06. The van der Waals surface area contributed by atoms with Gasteiger partial charge in [-0.05, 0) is 25.7 Å². The van der Waals surface area contributed by atoms with E-state index in [2.05, 4.69) is 48.6 Å². The van der Waals surface area contributed by atoms with Gasteiger partial charge in [-0.15, -0.1) is 0 Å². The van der Waals surface area contributed by atoms with Crippen LogP contribution < -0.4 is 0 Å². The summed E-state index contributed by atoms with van der Waals surface area (Å²) in [5.41, 5.74) is 0. The molecule has 12 heavy (non-hydrogen) atoms. The van der Waals surface area contributed by atoms with Gasteiger partial charge in [0.25, 0.3) is 0 Å². The van der Waals surface area contributed by atoms with Gasteiger partial charge in [0.05, 0.1) is 0 Å². The molecule has 0 atom stereocenters. The first-order valence-corrected chi connectivity index (χ1v) is 4.63. The first kappa shape index (κ1) is 9.05. The van der Waals surface area contributed by atoms with Crippen LogP contribution in [0.3, 0.4) is 0 Å². The lowest BCUT2D eigenvalue weighted by Gasteiger charge is -1.90. The topological polar surface area (TPSA) is 0 Å². The van der Waals surface area contributed by atoms with Crippen LogP contribution in [0.2, 0.25) is 0 Å². The third kappa shape index (κ3) is 4.73. The van der Waals surface area contributed by atoms with E-state index < -0.39 is 0 Å². The highest BCUT2D eigenvalue weighted by molar-refractivity contribution is 5.12. The Balaban J connectivity index is 2.42. The van der Waals surface area contributed by atoms with Gasteiger partial charge in [0.1, 0.15) is 0 Å². The van der Waals surface area contributed by atoms with Crippen LogP contribution >= 0.6 is 0 Å². The summed E-state index contributed by atoms with van der Waals surface area (Å²) in [4.78, 5) is 0. The molecule has 0 nitrogen and oxygen atoms in total. The van der Waals surface area contributed by atoms with E-state index in [9.17, 15) is 0 Å². The number of rotatable bonds is 0.